The van der Waals surface area contributed by atoms with Crippen molar-refractivity contribution < 1.29 is 0 Å². The zero-order valence-electron chi connectivity index (χ0n) is 38.6. The van der Waals surface area contributed by atoms with Crippen LogP contribution in [0.15, 0.2) is 225 Å². The summed E-state index contributed by atoms with van der Waals surface area (Å²) >= 11 is 0. The highest BCUT2D eigenvalue weighted by molar-refractivity contribution is 5.84. The molecule has 66 heavy (non-hydrogen) atoms. The van der Waals surface area contributed by atoms with Crippen molar-refractivity contribution in [3.63, 3.8) is 0 Å². The molecular formula is C61H55N5. The van der Waals surface area contributed by atoms with Gasteiger partial charge in [-0.05, 0) is 127 Å². The Morgan fingerprint density at radius 2 is 0.409 bits per heavy atom. The molecule has 7 aromatic carbocycles. The molecule has 0 saturated carbocycles. The maximum Gasteiger partial charge on any atom is 0.164 e. The second kappa shape index (κ2) is 23.0. The molecule has 10 aromatic rings. The van der Waals surface area contributed by atoms with Crippen LogP contribution in [0.1, 0.15) is 41.5 Å². The van der Waals surface area contributed by atoms with E-state index in [-0.39, 0.29) is 0 Å². The van der Waals surface area contributed by atoms with Crippen molar-refractivity contribution in [1.82, 2.24) is 24.9 Å². The van der Waals surface area contributed by atoms with Crippen molar-refractivity contribution in [3.05, 3.63) is 225 Å². The molecule has 0 N–H and O–H groups in total. The fourth-order valence-corrected chi connectivity index (χ4v) is 7.59. The molecule has 0 fully saturated rings. The maximum absolute atomic E-state index is 5.31. The van der Waals surface area contributed by atoms with E-state index in [9.17, 15) is 0 Å². The van der Waals surface area contributed by atoms with Crippen LogP contribution in [-0.4, -0.2) is 24.9 Å². The number of pyridine rings is 2. The Bertz CT molecular complexity index is 2840. The van der Waals surface area contributed by atoms with Gasteiger partial charge in [0.2, 0.25) is 0 Å². The SMILES string of the molecule is CC.CC.CC.c1ccc(-c2cc(-c3ccc(-c4ccncc4)cc3)cc(-c3nc(-c4ccccc4)nc(-c4cc(-c5ccccc5)cc(-c5ccc(-c6ccncc6)cc5)c4)n3)c2)cc1. The number of hydrogen-bond donors (Lipinski definition) is 0. The van der Waals surface area contributed by atoms with Crippen LogP contribution in [0.4, 0.5) is 0 Å². The predicted octanol–water partition coefficient (Wildman–Crippen LogP) is 16.7. The normalized spacial score (nSPS) is 10.3. The average molecular weight is 858 g/mol. The lowest BCUT2D eigenvalue weighted by Crippen LogP contribution is -2.01. The minimum absolute atomic E-state index is 0.597. The maximum atomic E-state index is 5.31. The zero-order chi connectivity index (χ0) is 46.1. The lowest BCUT2D eigenvalue weighted by atomic mass is 9.94. The van der Waals surface area contributed by atoms with Gasteiger partial charge in [-0.15, -0.1) is 0 Å². The van der Waals surface area contributed by atoms with Gasteiger partial charge in [-0.3, -0.25) is 9.97 Å². The first-order valence-electron chi connectivity index (χ1n) is 23.0. The Hall–Kier alpha value is -8.15. The summed E-state index contributed by atoms with van der Waals surface area (Å²) in [6.45, 7) is 12.0. The quantitative estimate of drug-likeness (QED) is 0.145. The van der Waals surface area contributed by atoms with E-state index in [1.807, 2.05) is 121 Å². The third kappa shape index (κ3) is 11.0. The Morgan fingerprint density at radius 1 is 0.197 bits per heavy atom. The first kappa shape index (κ1) is 45.9. The van der Waals surface area contributed by atoms with E-state index in [0.717, 1.165) is 83.5 Å². The molecule has 0 bridgehead atoms. The Labute approximate surface area is 390 Å². The van der Waals surface area contributed by atoms with Crippen LogP contribution in [0.25, 0.3) is 101 Å². The standard InChI is InChI=1S/C55H37N5.3C2H6/c1-4-10-38(11-5-1)47-32-49(42-20-16-40(17-21-42)44-24-28-56-29-25-44)36-51(34-47)54-58-53(46-14-8-3-9-15-46)59-55(60-54)52-35-48(39-12-6-2-7-13-39)33-50(37-52)43-22-18-41(19-23-43)45-26-30-57-31-27-45;3*1-2/h1-37H;3*1-2H3. The van der Waals surface area contributed by atoms with E-state index in [1.54, 1.807) is 0 Å². The lowest BCUT2D eigenvalue weighted by molar-refractivity contribution is 1.07. The summed E-state index contributed by atoms with van der Waals surface area (Å²) in [4.78, 5) is 24.1. The van der Waals surface area contributed by atoms with Crippen LogP contribution < -0.4 is 0 Å². The highest BCUT2D eigenvalue weighted by Crippen LogP contribution is 2.37. The van der Waals surface area contributed by atoms with Crippen molar-refractivity contribution in [2.45, 2.75) is 41.5 Å². The molecule has 324 valence electrons. The van der Waals surface area contributed by atoms with E-state index in [1.165, 1.54) is 0 Å². The highest BCUT2D eigenvalue weighted by atomic mass is 15.0. The first-order valence-corrected chi connectivity index (χ1v) is 23.0. The molecule has 10 rings (SSSR count). The number of rotatable bonds is 9. The fourth-order valence-electron chi connectivity index (χ4n) is 7.59. The fraction of sp³-hybridized carbons (Fsp3) is 0.0984. The van der Waals surface area contributed by atoms with Crippen molar-refractivity contribution in [2.75, 3.05) is 0 Å². The molecule has 0 aliphatic carbocycles. The topological polar surface area (TPSA) is 64.5 Å². The second-order valence-electron chi connectivity index (χ2n) is 14.6. The molecule has 0 saturated heterocycles. The van der Waals surface area contributed by atoms with Crippen molar-refractivity contribution in [2.24, 2.45) is 0 Å². The molecule has 5 heteroatoms. The molecule has 3 aromatic heterocycles. The molecule has 3 heterocycles. The largest absolute Gasteiger partial charge is 0.265 e. The molecule has 0 amide bonds. The van der Waals surface area contributed by atoms with E-state index < -0.39 is 0 Å². The Morgan fingerprint density at radius 3 is 0.712 bits per heavy atom. The summed E-state index contributed by atoms with van der Waals surface area (Å²) in [5.41, 5.74) is 16.0. The number of aromatic nitrogens is 5. The molecule has 0 unspecified atom stereocenters. The van der Waals surface area contributed by atoms with E-state index >= 15 is 0 Å². The molecule has 0 spiro atoms. The average Bonchev–Trinajstić information content (AvgIpc) is 3.43. The minimum Gasteiger partial charge on any atom is -0.265 e. The van der Waals surface area contributed by atoms with Crippen LogP contribution in [0.2, 0.25) is 0 Å². The zero-order valence-corrected chi connectivity index (χ0v) is 38.6. The van der Waals surface area contributed by atoms with Crippen LogP contribution in [0, 0.1) is 0 Å². The van der Waals surface area contributed by atoms with Gasteiger partial charge in [0.1, 0.15) is 0 Å². The summed E-state index contributed by atoms with van der Waals surface area (Å²) < 4.78 is 0. The molecule has 0 atom stereocenters. The van der Waals surface area contributed by atoms with E-state index in [2.05, 4.69) is 156 Å². The van der Waals surface area contributed by atoms with Crippen LogP contribution in [0.3, 0.4) is 0 Å². The third-order valence-corrected chi connectivity index (χ3v) is 10.7. The summed E-state index contributed by atoms with van der Waals surface area (Å²) in [6, 6.07) is 69.9. The van der Waals surface area contributed by atoms with E-state index in [0.29, 0.717) is 17.5 Å². The van der Waals surface area contributed by atoms with Gasteiger partial charge < -0.3 is 0 Å². The lowest BCUT2D eigenvalue weighted by Gasteiger charge is -2.14. The van der Waals surface area contributed by atoms with E-state index in [4.69, 9.17) is 15.0 Å². The van der Waals surface area contributed by atoms with Crippen LogP contribution in [-0.2, 0) is 0 Å². The molecular weight excluding hydrogens is 803 g/mol. The van der Waals surface area contributed by atoms with Gasteiger partial charge in [0.05, 0.1) is 0 Å². The van der Waals surface area contributed by atoms with Gasteiger partial charge in [0, 0.05) is 41.5 Å². The first-order chi connectivity index (χ1) is 32.7. The monoisotopic (exact) mass is 857 g/mol. The van der Waals surface area contributed by atoms with Crippen LogP contribution in [0.5, 0.6) is 0 Å². The van der Waals surface area contributed by atoms with Crippen molar-refractivity contribution in [1.29, 1.82) is 0 Å². The second-order valence-corrected chi connectivity index (χ2v) is 14.6. The van der Waals surface area contributed by atoms with Crippen molar-refractivity contribution >= 4 is 0 Å². The molecule has 0 radical (unpaired) electrons. The summed E-state index contributed by atoms with van der Waals surface area (Å²) in [6.07, 6.45) is 7.30. The number of hydrogen-bond acceptors (Lipinski definition) is 5. The number of benzene rings is 7. The predicted molar refractivity (Wildman–Crippen MR) is 278 cm³/mol. The van der Waals surface area contributed by atoms with Crippen molar-refractivity contribution in [3.8, 4) is 101 Å². The highest BCUT2D eigenvalue weighted by Gasteiger charge is 2.17. The Balaban J connectivity index is 0.00000104. The van der Waals surface area contributed by atoms with Gasteiger partial charge in [0.25, 0.3) is 0 Å². The van der Waals surface area contributed by atoms with Gasteiger partial charge >= 0.3 is 0 Å². The number of nitrogens with zero attached hydrogens (tertiary/aromatic N) is 5. The van der Waals surface area contributed by atoms with Crippen LogP contribution >= 0.6 is 0 Å². The smallest absolute Gasteiger partial charge is 0.164 e. The van der Waals surface area contributed by atoms with Gasteiger partial charge in [-0.25, -0.2) is 15.0 Å². The van der Waals surface area contributed by atoms with Gasteiger partial charge in [-0.1, -0.05) is 181 Å². The molecule has 0 aliphatic rings. The Kier molecular flexibility index (Phi) is 16.0. The van der Waals surface area contributed by atoms with Gasteiger partial charge in [0.15, 0.2) is 17.5 Å². The summed E-state index contributed by atoms with van der Waals surface area (Å²) in [5, 5.41) is 0. The molecule has 0 aliphatic heterocycles. The van der Waals surface area contributed by atoms with Gasteiger partial charge in [-0.2, -0.15) is 0 Å². The summed E-state index contributed by atoms with van der Waals surface area (Å²) in [7, 11) is 0. The third-order valence-electron chi connectivity index (χ3n) is 10.7. The molecule has 5 nitrogen and oxygen atoms in total. The summed E-state index contributed by atoms with van der Waals surface area (Å²) in [5.74, 6) is 1.80. The minimum atomic E-state index is 0.597.